The average molecular weight is 561 g/mol. The Kier molecular flexibility index (Phi) is 8.29. The van der Waals surface area contributed by atoms with Gasteiger partial charge in [-0.1, -0.05) is 6.08 Å². The van der Waals surface area contributed by atoms with Gasteiger partial charge in [0.05, 0.1) is 30.9 Å². The molecule has 0 radical (unpaired) electrons. The lowest BCUT2D eigenvalue weighted by atomic mass is 10.0. The lowest BCUT2D eigenvalue weighted by molar-refractivity contribution is -0.153. The second-order valence-electron chi connectivity index (χ2n) is 9.77. The highest BCUT2D eigenvalue weighted by atomic mass is 19.4. The first-order valence-electron chi connectivity index (χ1n) is 12.8. The molecule has 2 saturated heterocycles. The largest absolute Gasteiger partial charge is 0.484 e. The average Bonchev–Trinajstić information content (AvgIpc) is 3.32. The Morgan fingerprint density at radius 2 is 1.90 bits per heavy atom. The summed E-state index contributed by atoms with van der Waals surface area (Å²) in [6.07, 6.45) is -0.309. The van der Waals surface area contributed by atoms with Gasteiger partial charge >= 0.3 is 6.18 Å². The number of rotatable bonds is 9. The van der Waals surface area contributed by atoms with Gasteiger partial charge in [0.2, 0.25) is 0 Å². The third-order valence-electron chi connectivity index (χ3n) is 6.70. The fourth-order valence-corrected chi connectivity index (χ4v) is 4.79. The molecule has 0 amide bonds. The van der Waals surface area contributed by atoms with E-state index in [9.17, 15) is 22.4 Å². The normalized spacial score (nSPS) is 19.7. The van der Waals surface area contributed by atoms with Gasteiger partial charge in [-0.25, -0.2) is 14.4 Å². The van der Waals surface area contributed by atoms with Crippen LogP contribution in [0, 0.1) is 12.7 Å². The molecule has 0 saturated carbocycles. The zero-order valence-corrected chi connectivity index (χ0v) is 21.7. The molecular formula is C28H28F4N4O4. The van der Waals surface area contributed by atoms with Crippen LogP contribution in [0.3, 0.4) is 0 Å². The molecule has 8 nitrogen and oxygen atoms in total. The van der Waals surface area contributed by atoms with Gasteiger partial charge in [-0.15, -0.1) is 0 Å². The number of ketones is 1. The van der Waals surface area contributed by atoms with Crippen LogP contribution in [0.4, 0.5) is 29.1 Å². The number of likely N-dealkylation sites (tertiary alicyclic amines) is 1. The van der Waals surface area contributed by atoms with Crippen LogP contribution in [0.1, 0.15) is 11.1 Å². The maximum atomic E-state index is 13.7. The summed E-state index contributed by atoms with van der Waals surface area (Å²) in [4.78, 5) is 23.4. The fourth-order valence-electron chi connectivity index (χ4n) is 4.79. The molecule has 0 aliphatic carbocycles. The standard InChI is InChI=1S/C28H28F4N4O4/c1-17-9-19(4-5-22(17)29)35-27-21-11-18(24(40-15-28(30,31)32)12-23(21)33-16-34-27)10-20(37)3-2-6-36-13-25-26(14-36)39-8-7-38-25/h2-5,9,11-12,16,25-26H,6-8,10,13-15H2,1H3,(H,33,34,35)/b3-2+/t25-,26+. The zero-order valence-electron chi connectivity index (χ0n) is 21.7. The molecule has 12 heteroatoms. The smallest absolute Gasteiger partial charge is 0.422 e. The molecule has 1 aromatic heterocycles. The summed E-state index contributed by atoms with van der Waals surface area (Å²) in [5.41, 5.74) is 1.57. The topological polar surface area (TPSA) is 85.8 Å². The van der Waals surface area contributed by atoms with Crippen molar-refractivity contribution >= 4 is 28.2 Å². The molecule has 0 spiro atoms. The molecule has 3 aromatic rings. The van der Waals surface area contributed by atoms with Crippen molar-refractivity contribution in [2.45, 2.75) is 31.7 Å². The molecule has 0 unspecified atom stereocenters. The van der Waals surface area contributed by atoms with Crippen molar-refractivity contribution in [3.05, 3.63) is 65.8 Å². The van der Waals surface area contributed by atoms with Crippen LogP contribution in [0.15, 0.2) is 48.8 Å². The van der Waals surface area contributed by atoms with Crippen LogP contribution in [-0.2, 0) is 20.7 Å². The van der Waals surface area contributed by atoms with Crippen molar-refractivity contribution in [1.82, 2.24) is 14.9 Å². The molecule has 2 fully saturated rings. The number of fused-ring (bicyclic) bond motifs is 2. The van der Waals surface area contributed by atoms with Crippen molar-refractivity contribution in [3.8, 4) is 5.75 Å². The molecule has 2 aliphatic heterocycles. The Balaban J connectivity index is 1.35. The van der Waals surface area contributed by atoms with Gasteiger partial charge in [0.1, 0.15) is 23.7 Å². The number of halogens is 4. The molecule has 2 atom stereocenters. The minimum Gasteiger partial charge on any atom is -0.484 e. The maximum Gasteiger partial charge on any atom is 0.422 e. The zero-order chi connectivity index (χ0) is 28.3. The van der Waals surface area contributed by atoms with Crippen molar-refractivity contribution in [2.24, 2.45) is 0 Å². The Morgan fingerprint density at radius 3 is 2.60 bits per heavy atom. The summed E-state index contributed by atoms with van der Waals surface area (Å²) in [5.74, 6) is -0.404. The second kappa shape index (κ2) is 11.9. The van der Waals surface area contributed by atoms with E-state index >= 15 is 0 Å². The van der Waals surface area contributed by atoms with E-state index < -0.39 is 12.8 Å². The van der Waals surface area contributed by atoms with Crippen LogP contribution in [0.25, 0.3) is 10.9 Å². The Hall–Kier alpha value is -3.61. The van der Waals surface area contributed by atoms with Crippen LogP contribution in [0.5, 0.6) is 5.75 Å². The number of allylic oxidation sites excluding steroid dienone is 1. The Bertz CT molecular complexity index is 1400. The summed E-state index contributed by atoms with van der Waals surface area (Å²) in [6.45, 7) is 3.17. The maximum absolute atomic E-state index is 13.7. The van der Waals surface area contributed by atoms with E-state index in [0.29, 0.717) is 60.8 Å². The Morgan fingerprint density at radius 1 is 1.15 bits per heavy atom. The van der Waals surface area contributed by atoms with Crippen LogP contribution in [-0.4, -0.2) is 78.5 Å². The first-order valence-corrected chi connectivity index (χ1v) is 12.8. The summed E-state index contributed by atoms with van der Waals surface area (Å²) in [5, 5.41) is 3.56. The predicted octanol–water partition coefficient (Wildman–Crippen LogP) is 4.53. The van der Waals surface area contributed by atoms with Gasteiger partial charge in [0.25, 0.3) is 0 Å². The minimum atomic E-state index is -4.56. The highest BCUT2D eigenvalue weighted by molar-refractivity contribution is 5.96. The van der Waals surface area contributed by atoms with E-state index in [1.165, 1.54) is 24.5 Å². The number of alkyl halides is 3. The molecule has 2 aromatic carbocycles. The van der Waals surface area contributed by atoms with Crippen molar-refractivity contribution in [1.29, 1.82) is 0 Å². The number of nitrogens with zero attached hydrogens (tertiary/aromatic N) is 3. The van der Waals surface area contributed by atoms with Gasteiger partial charge in [0.15, 0.2) is 12.4 Å². The monoisotopic (exact) mass is 560 g/mol. The molecular weight excluding hydrogens is 532 g/mol. The summed E-state index contributed by atoms with van der Waals surface area (Å²) < 4.78 is 69.1. The molecule has 2 aliphatic rings. The lowest BCUT2D eigenvalue weighted by Gasteiger charge is -2.24. The number of benzene rings is 2. The molecule has 212 valence electrons. The van der Waals surface area contributed by atoms with Crippen LogP contribution < -0.4 is 10.1 Å². The van der Waals surface area contributed by atoms with Gasteiger partial charge < -0.3 is 19.5 Å². The summed E-state index contributed by atoms with van der Waals surface area (Å²) in [7, 11) is 0. The first kappa shape index (κ1) is 27.9. The number of aryl methyl sites for hydroxylation is 1. The highest BCUT2D eigenvalue weighted by Crippen LogP contribution is 2.32. The number of anilines is 2. The number of aromatic nitrogens is 2. The van der Waals surface area contributed by atoms with E-state index in [1.54, 1.807) is 31.2 Å². The lowest BCUT2D eigenvalue weighted by Crippen LogP contribution is -2.36. The van der Waals surface area contributed by atoms with E-state index in [4.69, 9.17) is 14.2 Å². The van der Waals surface area contributed by atoms with Gasteiger partial charge in [-0.2, -0.15) is 13.2 Å². The first-order chi connectivity index (χ1) is 19.1. The van der Waals surface area contributed by atoms with Crippen molar-refractivity contribution in [3.63, 3.8) is 0 Å². The van der Waals surface area contributed by atoms with Crippen molar-refractivity contribution < 1.29 is 36.6 Å². The SMILES string of the molecule is Cc1cc(Nc2ncnc3cc(OCC(F)(F)F)c(CC(=O)/C=C/CN4C[C@@H]5OCCO[C@@H]5C4)cc23)ccc1F. The molecule has 40 heavy (non-hydrogen) atoms. The summed E-state index contributed by atoms with van der Waals surface area (Å²) in [6, 6.07) is 7.37. The molecule has 5 rings (SSSR count). The minimum absolute atomic E-state index is 0.0210. The van der Waals surface area contributed by atoms with E-state index in [2.05, 4.69) is 20.2 Å². The van der Waals surface area contributed by atoms with Crippen LogP contribution >= 0.6 is 0 Å². The number of carbonyl (C=O) groups excluding carboxylic acids is 1. The third-order valence-corrected chi connectivity index (χ3v) is 6.70. The molecule has 0 bridgehead atoms. The van der Waals surface area contributed by atoms with Crippen molar-refractivity contribution in [2.75, 3.05) is 44.8 Å². The van der Waals surface area contributed by atoms with Gasteiger partial charge in [0, 0.05) is 48.8 Å². The quantitative estimate of drug-likeness (QED) is 0.302. The number of ether oxygens (including phenoxy) is 3. The van der Waals surface area contributed by atoms with Gasteiger partial charge in [-0.3, -0.25) is 9.69 Å². The Labute approximate surface area is 227 Å². The highest BCUT2D eigenvalue weighted by Gasteiger charge is 2.36. The fraction of sp³-hybridized carbons (Fsp3) is 0.393. The second-order valence-corrected chi connectivity index (χ2v) is 9.77. The molecule has 1 N–H and O–H groups in total. The van der Waals surface area contributed by atoms with E-state index in [-0.39, 0.29) is 41.5 Å². The van der Waals surface area contributed by atoms with E-state index in [0.717, 1.165) is 0 Å². The summed E-state index contributed by atoms with van der Waals surface area (Å²) >= 11 is 0. The number of carbonyl (C=O) groups is 1. The third kappa shape index (κ3) is 6.93. The van der Waals surface area contributed by atoms with Gasteiger partial charge in [-0.05, 0) is 42.8 Å². The van der Waals surface area contributed by atoms with Crippen LogP contribution in [0.2, 0.25) is 0 Å². The number of nitrogens with one attached hydrogen (secondary N) is 1. The predicted molar refractivity (Wildman–Crippen MR) is 139 cm³/mol. The number of hydrogen-bond donors (Lipinski definition) is 1. The molecule has 3 heterocycles. The van der Waals surface area contributed by atoms with E-state index in [1.807, 2.05) is 0 Å². The number of hydrogen-bond acceptors (Lipinski definition) is 8.